The number of carbonyl (C=O) groups excluding carboxylic acids is 4. The van der Waals surface area contributed by atoms with Gasteiger partial charge in [-0.15, -0.1) is 13.2 Å². The molecule has 1 aromatic carbocycles. The Morgan fingerprint density at radius 3 is 2.59 bits per heavy atom. The number of ether oxygens (including phenoxy) is 3. The van der Waals surface area contributed by atoms with Gasteiger partial charge in [-0.05, 0) is 44.1 Å². The number of likely N-dealkylation sites (tertiary alicyclic amines) is 1. The second-order valence-electron chi connectivity index (χ2n) is 13.4. The summed E-state index contributed by atoms with van der Waals surface area (Å²) in [5.74, 6) is -2.81. The minimum absolute atomic E-state index is 0.0523. The average molecular weight is 681 g/mol. The lowest BCUT2D eigenvalue weighted by molar-refractivity contribution is -0.148. The van der Waals surface area contributed by atoms with Crippen LogP contribution in [0.3, 0.4) is 0 Å². The Kier molecular flexibility index (Phi) is 13.0. The number of esters is 1. The van der Waals surface area contributed by atoms with Crippen LogP contribution in [0.25, 0.3) is 0 Å². The molecule has 2 N–H and O–H groups in total. The third-order valence-electron chi connectivity index (χ3n) is 10.3. The number of nitrogens with zero attached hydrogens (tertiary/aromatic N) is 3. The Balaban J connectivity index is 1.38. The molecule has 12 heteroatoms. The van der Waals surface area contributed by atoms with Gasteiger partial charge in [-0.25, -0.2) is 0 Å². The van der Waals surface area contributed by atoms with E-state index in [9.17, 15) is 24.3 Å². The lowest BCUT2D eigenvalue weighted by atomic mass is 9.70. The Bertz CT molecular complexity index is 1320. The number of benzene rings is 1. The first-order chi connectivity index (χ1) is 23.8. The SMILES string of the molecule is C=CCCC(=O)OC[C@@H](NC(=O)[C@@H]1[C@H]2C(=O)N(CCCCCO)[C@H](C(=O)N(CC=C)CCN3CCOCC3)[C@]23CC[C@H]1O3)c1ccccc1. The molecule has 4 saturated heterocycles. The summed E-state index contributed by atoms with van der Waals surface area (Å²) >= 11 is 0. The normalized spacial score (nSPS) is 26.6. The van der Waals surface area contributed by atoms with Crippen molar-refractivity contribution in [2.24, 2.45) is 11.8 Å². The van der Waals surface area contributed by atoms with Gasteiger partial charge in [0.25, 0.3) is 0 Å². The van der Waals surface area contributed by atoms with Crippen LogP contribution >= 0.6 is 0 Å². The number of allylic oxidation sites excluding steroid dienone is 1. The van der Waals surface area contributed by atoms with Gasteiger partial charge in [-0.3, -0.25) is 24.1 Å². The lowest BCUT2D eigenvalue weighted by Crippen LogP contribution is -2.57. The van der Waals surface area contributed by atoms with Gasteiger partial charge >= 0.3 is 5.97 Å². The highest BCUT2D eigenvalue weighted by Gasteiger charge is 2.74. The van der Waals surface area contributed by atoms with Crippen LogP contribution in [0, 0.1) is 11.8 Å². The molecule has 0 saturated carbocycles. The Morgan fingerprint density at radius 1 is 1.10 bits per heavy atom. The van der Waals surface area contributed by atoms with Crippen molar-refractivity contribution in [2.45, 2.75) is 68.7 Å². The number of aliphatic hydroxyl groups excluding tert-OH is 1. The molecule has 0 aliphatic carbocycles. The van der Waals surface area contributed by atoms with Crippen LogP contribution in [0.1, 0.15) is 56.6 Å². The lowest BCUT2D eigenvalue weighted by Gasteiger charge is -2.37. The van der Waals surface area contributed by atoms with E-state index in [0.717, 1.165) is 18.7 Å². The van der Waals surface area contributed by atoms with Gasteiger partial charge in [0, 0.05) is 52.3 Å². The van der Waals surface area contributed by atoms with Gasteiger partial charge in [-0.1, -0.05) is 42.5 Å². The molecule has 0 radical (unpaired) electrons. The molecular formula is C37H52N4O8. The van der Waals surface area contributed by atoms with Gasteiger partial charge in [0.2, 0.25) is 17.7 Å². The summed E-state index contributed by atoms with van der Waals surface area (Å²) in [5.41, 5.74) is -0.363. The quantitative estimate of drug-likeness (QED) is 0.128. The predicted molar refractivity (Wildman–Crippen MR) is 182 cm³/mol. The maximum Gasteiger partial charge on any atom is 0.306 e. The van der Waals surface area contributed by atoms with E-state index < -0.39 is 35.6 Å². The molecule has 1 spiro atoms. The first-order valence-corrected chi connectivity index (χ1v) is 17.8. The fourth-order valence-corrected chi connectivity index (χ4v) is 7.89. The summed E-state index contributed by atoms with van der Waals surface area (Å²) in [4.78, 5) is 61.3. The summed E-state index contributed by atoms with van der Waals surface area (Å²) in [6, 6.07) is 7.77. The molecular weight excluding hydrogens is 628 g/mol. The van der Waals surface area contributed by atoms with Crippen LogP contribution in [-0.2, 0) is 33.4 Å². The molecule has 0 aromatic heterocycles. The number of fused-ring (bicyclic) bond motifs is 1. The summed E-state index contributed by atoms with van der Waals surface area (Å²) in [7, 11) is 0. The highest BCUT2D eigenvalue weighted by atomic mass is 16.5. The third kappa shape index (κ3) is 8.25. The van der Waals surface area contributed by atoms with Crippen molar-refractivity contribution in [3.05, 3.63) is 61.2 Å². The maximum absolute atomic E-state index is 14.6. The van der Waals surface area contributed by atoms with Crippen LogP contribution in [0.2, 0.25) is 0 Å². The van der Waals surface area contributed by atoms with Crippen LogP contribution in [0.4, 0.5) is 0 Å². The molecule has 268 valence electrons. The number of rotatable bonds is 19. The Labute approximate surface area is 289 Å². The zero-order valence-corrected chi connectivity index (χ0v) is 28.5. The Morgan fingerprint density at radius 2 is 1.88 bits per heavy atom. The van der Waals surface area contributed by atoms with Gasteiger partial charge in [0.1, 0.15) is 18.2 Å². The largest absolute Gasteiger partial charge is 0.463 e. The molecule has 49 heavy (non-hydrogen) atoms. The minimum Gasteiger partial charge on any atom is -0.463 e. The van der Waals surface area contributed by atoms with E-state index in [1.807, 2.05) is 30.3 Å². The van der Waals surface area contributed by atoms with Crippen LogP contribution in [-0.4, -0.2) is 127 Å². The third-order valence-corrected chi connectivity index (χ3v) is 10.3. The smallest absolute Gasteiger partial charge is 0.306 e. The number of morpholine rings is 1. The van der Waals surface area contributed by atoms with Gasteiger partial charge in [-0.2, -0.15) is 0 Å². The van der Waals surface area contributed by atoms with Crippen molar-refractivity contribution in [2.75, 3.05) is 65.7 Å². The number of unbranched alkanes of at least 4 members (excludes halogenated alkanes) is 2. The monoisotopic (exact) mass is 680 g/mol. The van der Waals surface area contributed by atoms with Crippen molar-refractivity contribution >= 4 is 23.7 Å². The highest BCUT2D eigenvalue weighted by molar-refractivity contribution is 5.99. The number of hydrogen-bond donors (Lipinski definition) is 2. The van der Waals surface area contributed by atoms with Crippen LogP contribution in [0.15, 0.2) is 55.6 Å². The van der Waals surface area contributed by atoms with Crippen molar-refractivity contribution in [1.29, 1.82) is 0 Å². The summed E-state index contributed by atoms with van der Waals surface area (Å²) in [5, 5.41) is 12.4. The summed E-state index contributed by atoms with van der Waals surface area (Å²) in [6.07, 6.45) is 6.46. The number of aliphatic hydroxyl groups is 1. The van der Waals surface area contributed by atoms with E-state index in [2.05, 4.69) is 23.4 Å². The first kappa shape index (κ1) is 36.7. The molecule has 4 aliphatic rings. The molecule has 1 aromatic rings. The standard InChI is InChI=1S/C37H52N4O8/c1-3-5-14-30(43)48-26-28(27-12-8-6-9-13-27)38-34(44)31-29-15-16-37(49-29)32(31)35(45)41(18-10-7-11-23-42)33(37)36(46)40(17-4-2)20-19-39-21-24-47-25-22-39/h3-4,6,8-9,12-13,28-29,31-33,42H,1-2,5,7,10-11,14-26H2,(H,38,44)/t28-,29-,31+,32+,33-,37+/m1/s1. The van der Waals surface area contributed by atoms with E-state index in [0.29, 0.717) is 77.9 Å². The summed E-state index contributed by atoms with van der Waals surface area (Å²) < 4.78 is 17.7. The molecule has 6 atom stereocenters. The number of carbonyl (C=O) groups is 4. The highest BCUT2D eigenvalue weighted by Crippen LogP contribution is 2.58. The second kappa shape index (κ2) is 17.4. The molecule has 12 nitrogen and oxygen atoms in total. The van der Waals surface area contributed by atoms with Gasteiger partial charge in [0.15, 0.2) is 0 Å². The number of hydrogen-bond acceptors (Lipinski definition) is 9. The summed E-state index contributed by atoms with van der Waals surface area (Å²) in [6.45, 7) is 12.2. The van der Waals surface area contributed by atoms with E-state index in [1.54, 1.807) is 22.0 Å². The van der Waals surface area contributed by atoms with Gasteiger partial charge in [0.05, 0.1) is 37.2 Å². The molecule has 2 bridgehead atoms. The van der Waals surface area contributed by atoms with Crippen molar-refractivity contribution in [3.63, 3.8) is 0 Å². The molecule has 5 rings (SSSR count). The van der Waals surface area contributed by atoms with Crippen LogP contribution < -0.4 is 5.32 Å². The van der Waals surface area contributed by atoms with Gasteiger partial charge < -0.3 is 34.4 Å². The predicted octanol–water partition coefficient (Wildman–Crippen LogP) is 2.24. The van der Waals surface area contributed by atoms with E-state index >= 15 is 0 Å². The van der Waals surface area contributed by atoms with E-state index in [4.69, 9.17) is 14.2 Å². The number of amides is 3. The fourth-order valence-electron chi connectivity index (χ4n) is 7.89. The van der Waals surface area contributed by atoms with Crippen LogP contribution in [0.5, 0.6) is 0 Å². The topological polar surface area (TPSA) is 138 Å². The first-order valence-electron chi connectivity index (χ1n) is 17.8. The molecule has 4 fully saturated rings. The molecule has 4 heterocycles. The number of nitrogens with one attached hydrogen (secondary N) is 1. The van der Waals surface area contributed by atoms with E-state index in [-0.39, 0.29) is 43.3 Å². The van der Waals surface area contributed by atoms with E-state index in [1.165, 1.54) is 0 Å². The molecule has 0 unspecified atom stereocenters. The molecule has 3 amide bonds. The molecule has 4 aliphatic heterocycles. The maximum atomic E-state index is 14.6. The fraction of sp³-hybridized carbons (Fsp3) is 0.622. The zero-order valence-electron chi connectivity index (χ0n) is 28.5. The Hall–Kier alpha value is -3.58. The van der Waals surface area contributed by atoms with Crippen molar-refractivity contribution in [3.8, 4) is 0 Å². The second-order valence-corrected chi connectivity index (χ2v) is 13.4. The zero-order chi connectivity index (χ0) is 34.8. The average Bonchev–Trinajstić information content (AvgIpc) is 3.77. The van der Waals surface area contributed by atoms with Crippen molar-refractivity contribution in [1.82, 2.24) is 20.0 Å². The minimum atomic E-state index is -1.13. The van der Waals surface area contributed by atoms with Crippen molar-refractivity contribution < 1.29 is 38.5 Å².